The maximum atomic E-state index is 13.7. The molecule has 1 N–H and O–H groups in total. The zero-order chi connectivity index (χ0) is 22.6. The van der Waals surface area contributed by atoms with E-state index >= 15 is 0 Å². The Morgan fingerprint density at radius 1 is 1.23 bits per heavy atom. The number of carboxylic acids is 1. The highest BCUT2D eigenvalue weighted by Crippen LogP contribution is 2.43. The number of carbonyl (C=O) groups excluding carboxylic acids is 3. The third kappa shape index (κ3) is 3.60. The molecule has 0 aromatic heterocycles. The van der Waals surface area contributed by atoms with E-state index in [1.807, 2.05) is 33.9 Å². The first kappa shape index (κ1) is 22.3. The molecule has 9 heteroatoms. The lowest BCUT2D eigenvalue weighted by Gasteiger charge is -2.52. The molecular weight excluding hydrogens is 409 g/mol. The molecule has 1 aromatic carbocycles. The van der Waals surface area contributed by atoms with Gasteiger partial charge in [0.05, 0.1) is 6.04 Å². The fourth-order valence-electron chi connectivity index (χ4n) is 3.79. The molecule has 0 saturated carbocycles. The lowest BCUT2D eigenvalue weighted by Crippen LogP contribution is -2.73. The molecule has 0 unspecified atom stereocenters. The van der Waals surface area contributed by atoms with Crippen molar-refractivity contribution in [1.82, 2.24) is 4.90 Å². The van der Waals surface area contributed by atoms with Crippen LogP contribution >= 0.6 is 0 Å². The summed E-state index contributed by atoms with van der Waals surface area (Å²) < 4.78 is 19.9. The Bertz CT molecular complexity index is 938. The van der Waals surface area contributed by atoms with Gasteiger partial charge >= 0.3 is 11.9 Å². The highest BCUT2D eigenvalue weighted by molar-refractivity contribution is 6.74. The van der Waals surface area contributed by atoms with E-state index in [4.69, 9.17) is 9.53 Å². The van der Waals surface area contributed by atoms with Gasteiger partial charge in [-0.3, -0.25) is 19.3 Å². The number of hydrogen-bond acceptors (Lipinski definition) is 5. The molecule has 0 spiro atoms. The van der Waals surface area contributed by atoms with Crippen LogP contribution < -0.4 is 0 Å². The molecule has 7 nitrogen and oxygen atoms in total. The molecule has 3 atom stereocenters. The molecule has 0 bridgehead atoms. The first-order valence-corrected chi connectivity index (χ1v) is 12.8. The topological polar surface area (TPSA) is 101 Å². The largest absolute Gasteiger partial charge is 0.474 e. The Hall–Kier alpha value is -2.39. The van der Waals surface area contributed by atoms with Crippen LogP contribution in [0.15, 0.2) is 18.2 Å². The number of ketones is 1. The standard InChI is InChI=1S/C21H26FNO6Si/c1-21(2,3)30(4,5)29-17-15(23(18(17)25)19(26)20(27)28)13-9-7-11-6-8-12(22)10-14(11)16(13)24/h6,8,10,13,15,17H,7,9H2,1-5H3,(H,27,28)/t13-,15-,17+/m1/s1. The van der Waals surface area contributed by atoms with E-state index in [2.05, 4.69) is 0 Å². The zero-order valence-corrected chi connectivity index (χ0v) is 18.7. The Morgan fingerprint density at radius 3 is 2.43 bits per heavy atom. The lowest BCUT2D eigenvalue weighted by atomic mass is 9.73. The number of hydrogen-bond donors (Lipinski definition) is 1. The van der Waals surface area contributed by atoms with Gasteiger partial charge in [-0.2, -0.15) is 0 Å². The molecular formula is C21H26FNO6Si. The van der Waals surface area contributed by atoms with Crippen LogP contribution in [-0.4, -0.2) is 54.0 Å². The molecule has 2 amide bonds. The average molecular weight is 436 g/mol. The van der Waals surface area contributed by atoms with Crippen LogP contribution in [0.4, 0.5) is 4.39 Å². The number of amides is 2. The maximum Gasteiger partial charge on any atom is 0.395 e. The first-order chi connectivity index (χ1) is 13.8. The molecule has 1 fully saturated rings. The number of aliphatic carboxylic acids is 1. The summed E-state index contributed by atoms with van der Waals surface area (Å²) in [7, 11) is -2.46. The zero-order valence-electron chi connectivity index (χ0n) is 17.7. The second-order valence-corrected chi connectivity index (χ2v) is 14.2. The number of carboxylic acid groups (broad SMARTS) is 1. The molecule has 1 saturated heterocycles. The molecule has 3 rings (SSSR count). The van der Waals surface area contributed by atoms with Crippen molar-refractivity contribution in [3.8, 4) is 0 Å². The van der Waals surface area contributed by atoms with Crippen LogP contribution in [0.25, 0.3) is 0 Å². The van der Waals surface area contributed by atoms with Crippen molar-refractivity contribution in [1.29, 1.82) is 0 Å². The summed E-state index contributed by atoms with van der Waals surface area (Å²) in [6.45, 7) is 9.84. The summed E-state index contributed by atoms with van der Waals surface area (Å²) in [6, 6.07) is 2.97. The quantitative estimate of drug-likeness (QED) is 0.445. The number of fused-ring (bicyclic) bond motifs is 1. The van der Waals surface area contributed by atoms with E-state index in [1.165, 1.54) is 6.07 Å². The number of likely N-dealkylation sites (tertiary alicyclic amines) is 1. The second kappa shape index (κ2) is 7.38. The second-order valence-electron chi connectivity index (χ2n) is 9.42. The minimum absolute atomic E-state index is 0.208. The van der Waals surface area contributed by atoms with E-state index in [9.17, 15) is 23.6 Å². The van der Waals surface area contributed by atoms with Crippen molar-refractivity contribution in [2.45, 2.75) is 63.9 Å². The molecule has 30 heavy (non-hydrogen) atoms. The van der Waals surface area contributed by atoms with Gasteiger partial charge in [-0.05, 0) is 48.7 Å². The number of rotatable bonds is 3. The summed E-state index contributed by atoms with van der Waals surface area (Å²) in [5, 5.41) is 8.91. The van der Waals surface area contributed by atoms with Crippen LogP contribution in [0, 0.1) is 11.7 Å². The Morgan fingerprint density at radius 2 is 1.87 bits per heavy atom. The van der Waals surface area contributed by atoms with Gasteiger partial charge in [-0.25, -0.2) is 9.18 Å². The van der Waals surface area contributed by atoms with Gasteiger partial charge in [-0.1, -0.05) is 26.8 Å². The summed E-state index contributed by atoms with van der Waals surface area (Å²) >= 11 is 0. The molecule has 162 valence electrons. The highest BCUT2D eigenvalue weighted by Gasteiger charge is 2.60. The number of benzene rings is 1. The van der Waals surface area contributed by atoms with Gasteiger partial charge in [0.25, 0.3) is 5.91 Å². The van der Waals surface area contributed by atoms with E-state index in [0.29, 0.717) is 23.3 Å². The van der Waals surface area contributed by atoms with Gasteiger partial charge in [0, 0.05) is 11.5 Å². The molecule has 1 aromatic rings. The number of β-lactam (4-membered cyclic amide) rings is 1. The third-order valence-corrected chi connectivity index (χ3v) is 11.0. The molecule has 0 radical (unpaired) electrons. The van der Waals surface area contributed by atoms with Crippen molar-refractivity contribution in [2.75, 3.05) is 0 Å². The summed E-state index contributed by atoms with van der Waals surface area (Å²) in [5.41, 5.74) is 0.903. The third-order valence-electron chi connectivity index (χ3n) is 6.53. The predicted octanol–water partition coefficient (Wildman–Crippen LogP) is 2.78. The number of imide groups is 1. The number of halogens is 1. The number of carbonyl (C=O) groups is 4. The molecule has 1 aliphatic carbocycles. The summed E-state index contributed by atoms with van der Waals surface area (Å²) in [4.78, 5) is 50.0. The Balaban J connectivity index is 1.98. The van der Waals surface area contributed by atoms with Crippen LogP contribution in [0.5, 0.6) is 0 Å². The molecule has 2 aliphatic rings. The normalized spacial score (nSPS) is 24.3. The van der Waals surface area contributed by atoms with Crippen molar-refractivity contribution in [3.05, 3.63) is 35.1 Å². The van der Waals surface area contributed by atoms with E-state index in [1.54, 1.807) is 6.07 Å². The number of nitrogens with zero attached hydrogens (tertiary/aromatic N) is 1. The van der Waals surface area contributed by atoms with Crippen molar-refractivity contribution in [3.63, 3.8) is 0 Å². The van der Waals surface area contributed by atoms with Gasteiger partial charge in [0.2, 0.25) is 0 Å². The van der Waals surface area contributed by atoms with Crippen LogP contribution in [0.3, 0.4) is 0 Å². The number of aryl methyl sites for hydroxylation is 1. The minimum atomic E-state index is -2.46. The van der Waals surface area contributed by atoms with Gasteiger partial charge in [0.1, 0.15) is 11.9 Å². The maximum absolute atomic E-state index is 13.7. The van der Waals surface area contributed by atoms with Gasteiger partial charge < -0.3 is 9.53 Å². The van der Waals surface area contributed by atoms with Crippen molar-refractivity contribution >= 4 is 31.9 Å². The molecule has 1 heterocycles. The van der Waals surface area contributed by atoms with E-state index < -0.39 is 55.8 Å². The average Bonchev–Trinajstić information content (AvgIpc) is 2.64. The smallest absolute Gasteiger partial charge is 0.395 e. The van der Waals surface area contributed by atoms with Crippen molar-refractivity contribution < 1.29 is 33.1 Å². The highest BCUT2D eigenvalue weighted by atomic mass is 28.4. The SMILES string of the molecule is CC(C)(C)[Si](C)(C)O[C@@H]1C(=O)N(C(=O)C(=O)O)[C@@H]1[C@H]1CCc2ccc(F)cc2C1=O. The van der Waals surface area contributed by atoms with Crippen LogP contribution in [-0.2, 0) is 25.2 Å². The van der Waals surface area contributed by atoms with Gasteiger partial charge in [0.15, 0.2) is 14.1 Å². The van der Waals surface area contributed by atoms with E-state index in [0.717, 1.165) is 6.07 Å². The van der Waals surface area contributed by atoms with Gasteiger partial charge in [-0.15, -0.1) is 0 Å². The molecule has 1 aliphatic heterocycles. The lowest BCUT2D eigenvalue weighted by molar-refractivity contribution is -0.181. The number of Topliss-reactive ketones (excluding diaryl/α,β-unsaturated/α-hetero) is 1. The minimum Gasteiger partial charge on any atom is -0.474 e. The van der Waals surface area contributed by atoms with Crippen molar-refractivity contribution in [2.24, 2.45) is 5.92 Å². The summed E-state index contributed by atoms with van der Waals surface area (Å²) in [6.07, 6.45) is -0.298. The van der Waals surface area contributed by atoms with Crippen LogP contribution in [0.2, 0.25) is 18.1 Å². The van der Waals surface area contributed by atoms with Crippen LogP contribution in [0.1, 0.15) is 43.1 Å². The fraction of sp³-hybridized carbons (Fsp3) is 0.524. The first-order valence-electron chi connectivity index (χ1n) is 9.87. The monoisotopic (exact) mass is 435 g/mol. The fourth-order valence-corrected chi connectivity index (χ4v) is 5.02. The predicted molar refractivity (Wildman–Crippen MR) is 108 cm³/mol. The summed E-state index contributed by atoms with van der Waals surface area (Å²) in [5.74, 6) is -5.68. The Kier molecular flexibility index (Phi) is 5.49. The van der Waals surface area contributed by atoms with E-state index in [-0.39, 0.29) is 10.6 Å². The Labute approximate surface area is 175 Å².